The number of nitrogens with zero attached hydrogens (tertiary/aromatic N) is 5. The molecule has 7 heteroatoms. The minimum Gasteiger partial charge on any atom is -0.481 e. The Labute approximate surface area is 97.7 Å². The van der Waals surface area contributed by atoms with Crippen LogP contribution in [0.5, 0.6) is 0 Å². The van der Waals surface area contributed by atoms with Crippen LogP contribution in [0.15, 0.2) is 18.7 Å². The van der Waals surface area contributed by atoms with Crippen molar-refractivity contribution in [2.75, 3.05) is 18.5 Å². The molecule has 90 valence electrons. The fraction of sp³-hybridized carbons (Fsp3) is 0.400. The molecular formula is C10H13N5O2. The second-order valence-corrected chi connectivity index (χ2v) is 3.93. The van der Waals surface area contributed by atoms with Gasteiger partial charge in [0.1, 0.15) is 6.33 Å². The van der Waals surface area contributed by atoms with Crippen LogP contribution in [-0.2, 0) is 4.79 Å². The number of fused-ring (bicyclic) bond motifs is 1. The van der Waals surface area contributed by atoms with Crippen LogP contribution in [0.2, 0.25) is 0 Å². The summed E-state index contributed by atoms with van der Waals surface area (Å²) in [5, 5.41) is 16.6. The van der Waals surface area contributed by atoms with Gasteiger partial charge in [0.05, 0.1) is 5.92 Å². The van der Waals surface area contributed by atoms with E-state index in [1.54, 1.807) is 42.0 Å². The second kappa shape index (κ2) is 4.36. The van der Waals surface area contributed by atoms with E-state index in [1.807, 2.05) is 0 Å². The minimum atomic E-state index is -0.828. The number of anilines is 1. The molecule has 0 aliphatic rings. The number of aliphatic carboxylic acids is 1. The molecule has 0 radical (unpaired) electrons. The molecule has 0 aliphatic heterocycles. The van der Waals surface area contributed by atoms with Crippen LogP contribution in [0, 0.1) is 5.92 Å². The molecule has 2 aromatic rings. The van der Waals surface area contributed by atoms with Crippen molar-refractivity contribution in [3.63, 3.8) is 0 Å². The zero-order chi connectivity index (χ0) is 12.4. The summed E-state index contributed by atoms with van der Waals surface area (Å²) in [7, 11) is 1.79. The first-order valence-corrected chi connectivity index (χ1v) is 5.18. The Morgan fingerprint density at radius 3 is 3.12 bits per heavy atom. The van der Waals surface area contributed by atoms with Crippen LogP contribution in [0.3, 0.4) is 0 Å². The molecule has 2 aromatic heterocycles. The summed E-state index contributed by atoms with van der Waals surface area (Å²) >= 11 is 0. The van der Waals surface area contributed by atoms with E-state index < -0.39 is 11.9 Å². The van der Waals surface area contributed by atoms with Gasteiger partial charge in [0.25, 0.3) is 0 Å². The van der Waals surface area contributed by atoms with Gasteiger partial charge in [-0.25, -0.2) is 4.98 Å². The van der Waals surface area contributed by atoms with Crippen LogP contribution >= 0.6 is 0 Å². The van der Waals surface area contributed by atoms with Gasteiger partial charge in [-0.05, 0) is 0 Å². The molecule has 2 heterocycles. The summed E-state index contributed by atoms with van der Waals surface area (Å²) in [4.78, 5) is 16.8. The third-order valence-corrected chi connectivity index (χ3v) is 2.53. The maximum Gasteiger partial charge on any atom is 0.308 e. The highest BCUT2D eigenvalue weighted by atomic mass is 16.4. The highest BCUT2D eigenvalue weighted by molar-refractivity contribution is 5.71. The van der Waals surface area contributed by atoms with E-state index in [1.165, 1.54) is 0 Å². The number of rotatable bonds is 4. The molecule has 1 unspecified atom stereocenters. The zero-order valence-corrected chi connectivity index (χ0v) is 9.61. The van der Waals surface area contributed by atoms with Crippen molar-refractivity contribution in [2.45, 2.75) is 6.92 Å². The van der Waals surface area contributed by atoms with E-state index in [0.29, 0.717) is 18.0 Å². The van der Waals surface area contributed by atoms with Gasteiger partial charge >= 0.3 is 5.97 Å². The number of carbonyl (C=O) groups is 1. The van der Waals surface area contributed by atoms with Crippen molar-refractivity contribution in [3.8, 4) is 0 Å². The lowest BCUT2D eigenvalue weighted by Gasteiger charge is -2.20. The molecule has 2 rings (SSSR count). The van der Waals surface area contributed by atoms with E-state index in [0.717, 1.165) is 0 Å². The molecule has 0 spiro atoms. The molecule has 0 aliphatic carbocycles. The van der Waals surface area contributed by atoms with Gasteiger partial charge in [-0.1, -0.05) is 6.92 Å². The van der Waals surface area contributed by atoms with Crippen molar-refractivity contribution in [1.29, 1.82) is 0 Å². The highest BCUT2D eigenvalue weighted by Gasteiger charge is 2.17. The number of aromatic nitrogens is 4. The topological polar surface area (TPSA) is 83.6 Å². The van der Waals surface area contributed by atoms with E-state index in [4.69, 9.17) is 5.11 Å². The molecule has 17 heavy (non-hydrogen) atoms. The van der Waals surface area contributed by atoms with Crippen molar-refractivity contribution < 1.29 is 9.90 Å². The summed E-state index contributed by atoms with van der Waals surface area (Å²) in [5.41, 5.74) is 0.618. The minimum absolute atomic E-state index is 0.370. The van der Waals surface area contributed by atoms with Crippen LogP contribution in [0.4, 0.5) is 5.82 Å². The Bertz CT molecular complexity index is 538. The van der Waals surface area contributed by atoms with Crippen molar-refractivity contribution in [1.82, 2.24) is 19.6 Å². The fourth-order valence-corrected chi connectivity index (χ4v) is 1.59. The van der Waals surface area contributed by atoms with Gasteiger partial charge in [0.15, 0.2) is 5.82 Å². The lowest BCUT2D eigenvalue weighted by atomic mass is 10.2. The van der Waals surface area contributed by atoms with Gasteiger partial charge in [-0.2, -0.15) is 0 Å². The standard InChI is InChI=1S/C10H13N5O2/c1-7(10(16)17)5-14(2)8-9-13-12-6-15(9)4-3-11-8/h3-4,6-7H,5H2,1-2H3,(H,16,17). The molecule has 0 saturated heterocycles. The average Bonchev–Trinajstić information content (AvgIpc) is 2.76. The quantitative estimate of drug-likeness (QED) is 0.819. The summed E-state index contributed by atoms with van der Waals surface area (Å²) in [6.45, 7) is 2.03. The number of carboxylic acid groups (broad SMARTS) is 1. The molecular weight excluding hydrogens is 222 g/mol. The average molecular weight is 235 g/mol. The Balaban J connectivity index is 2.27. The lowest BCUT2D eigenvalue weighted by Crippen LogP contribution is -2.29. The maximum atomic E-state index is 10.8. The molecule has 7 nitrogen and oxygen atoms in total. The van der Waals surface area contributed by atoms with E-state index in [-0.39, 0.29) is 0 Å². The first-order valence-electron chi connectivity index (χ1n) is 5.18. The Kier molecular flexibility index (Phi) is 2.90. The number of hydrogen-bond donors (Lipinski definition) is 1. The second-order valence-electron chi connectivity index (χ2n) is 3.93. The molecule has 0 aromatic carbocycles. The number of hydrogen-bond acceptors (Lipinski definition) is 5. The summed E-state index contributed by atoms with van der Waals surface area (Å²) in [6, 6.07) is 0. The largest absolute Gasteiger partial charge is 0.481 e. The van der Waals surface area contributed by atoms with Crippen molar-refractivity contribution in [2.24, 2.45) is 5.92 Å². The molecule has 0 saturated carbocycles. The predicted molar refractivity (Wildman–Crippen MR) is 60.9 cm³/mol. The van der Waals surface area contributed by atoms with E-state index >= 15 is 0 Å². The van der Waals surface area contributed by atoms with Crippen LogP contribution < -0.4 is 4.90 Å². The monoisotopic (exact) mass is 235 g/mol. The summed E-state index contributed by atoms with van der Waals surface area (Å²) in [5.74, 6) is -0.673. The number of carboxylic acids is 1. The first-order chi connectivity index (χ1) is 8.09. The van der Waals surface area contributed by atoms with Crippen LogP contribution in [0.25, 0.3) is 5.65 Å². The van der Waals surface area contributed by atoms with Gasteiger partial charge in [-0.15, -0.1) is 10.2 Å². The van der Waals surface area contributed by atoms with Gasteiger partial charge < -0.3 is 10.0 Å². The molecule has 0 fully saturated rings. The predicted octanol–water partition coefficient (Wildman–Crippen LogP) is 0.281. The van der Waals surface area contributed by atoms with Gasteiger partial charge in [-0.3, -0.25) is 9.20 Å². The van der Waals surface area contributed by atoms with Crippen LogP contribution in [-0.4, -0.2) is 44.3 Å². The third-order valence-electron chi connectivity index (χ3n) is 2.53. The van der Waals surface area contributed by atoms with Gasteiger partial charge in [0, 0.05) is 26.0 Å². The maximum absolute atomic E-state index is 10.8. The molecule has 0 amide bonds. The molecule has 1 atom stereocenters. The zero-order valence-electron chi connectivity index (χ0n) is 9.61. The van der Waals surface area contributed by atoms with E-state index in [9.17, 15) is 4.79 Å². The normalized spacial score (nSPS) is 12.6. The molecule has 1 N–H and O–H groups in total. The Morgan fingerprint density at radius 2 is 2.41 bits per heavy atom. The van der Waals surface area contributed by atoms with Gasteiger partial charge in [0.2, 0.25) is 5.65 Å². The first kappa shape index (κ1) is 11.3. The molecule has 0 bridgehead atoms. The van der Waals surface area contributed by atoms with Crippen LogP contribution in [0.1, 0.15) is 6.92 Å². The highest BCUT2D eigenvalue weighted by Crippen LogP contribution is 2.15. The Morgan fingerprint density at radius 1 is 1.65 bits per heavy atom. The van der Waals surface area contributed by atoms with Crippen molar-refractivity contribution in [3.05, 3.63) is 18.7 Å². The van der Waals surface area contributed by atoms with E-state index in [2.05, 4.69) is 15.2 Å². The summed E-state index contributed by atoms with van der Waals surface area (Å²) < 4.78 is 1.74. The Hall–Kier alpha value is -2.18. The lowest BCUT2D eigenvalue weighted by molar-refractivity contribution is -0.140. The third kappa shape index (κ3) is 2.17. The SMILES string of the molecule is CC(CN(C)c1nccn2cnnc12)C(=O)O. The summed E-state index contributed by atoms with van der Waals surface area (Å²) in [6.07, 6.45) is 4.95. The van der Waals surface area contributed by atoms with Crippen molar-refractivity contribution >= 4 is 17.4 Å². The smallest absolute Gasteiger partial charge is 0.308 e. The fourth-order valence-electron chi connectivity index (χ4n) is 1.59.